The molecular weight excluding hydrogens is 932 g/mol. The lowest BCUT2D eigenvalue weighted by Gasteiger charge is -2.43. The molecule has 1 N–H and O–H groups in total. The van der Waals surface area contributed by atoms with Crippen LogP contribution in [0.4, 0.5) is 45.5 Å². The van der Waals surface area contributed by atoms with E-state index in [2.05, 4.69) is 277 Å². The molecule has 77 heavy (non-hydrogen) atoms. The van der Waals surface area contributed by atoms with Gasteiger partial charge in [0.05, 0.1) is 16.7 Å². The molecule has 1 aliphatic heterocycles. The van der Waals surface area contributed by atoms with Gasteiger partial charge in [0.25, 0.3) is 0 Å². The summed E-state index contributed by atoms with van der Waals surface area (Å²) in [6.45, 7) is 24.0. The molecule has 0 bridgehead atoms. The number of aryl methyl sites for hydroxylation is 2. The van der Waals surface area contributed by atoms with E-state index in [1.54, 1.807) is 0 Å². The van der Waals surface area contributed by atoms with E-state index in [-0.39, 0.29) is 21.7 Å². The molecule has 0 amide bonds. The fraction of sp³-hybridized carbons (Fsp3) is 0.250. The van der Waals surface area contributed by atoms with Crippen LogP contribution in [0.3, 0.4) is 0 Å². The first-order chi connectivity index (χ1) is 37.0. The zero-order chi connectivity index (χ0) is 53.2. The Morgan fingerprint density at radius 1 is 0.442 bits per heavy atom. The second kappa shape index (κ2) is 17.9. The average molecular weight is 1000 g/mol. The van der Waals surface area contributed by atoms with Crippen LogP contribution in [0.1, 0.15) is 114 Å². The summed E-state index contributed by atoms with van der Waals surface area (Å²) in [5.74, 6) is 0. The van der Waals surface area contributed by atoms with Crippen molar-refractivity contribution in [2.45, 2.75) is 117 Å². The van der Waals surface area contributed by atoms with E-state index in [9.17, 15) is 0 Å². The monoisotopic (exact) mass is 1000 g/mol. The van der Waals surface area contributed by atoms with Crippen LogP contribution in [0, 0.1) is 13.8 Å². The molecule has 0 radical (unpaired) electrons. The maximum Gasteiger partial charge on any atom is 0.198 e. The Bertz CT molecular complexity index is 3890. The van der Waals surface area contributed by atoms with E-state index in [1.165, 1.54) is 90.2 Å². The Morgan fingerprint density at radius 2 is 0.974 bits per heavy atom. The summed E-state index contributed by atoms with van der Waals surface area (Å²) in [6.07, 6.45) is 4.66. The highest BCUT2D eigenvalue weighted by atomic mass is 15.2. The van der Waals surface area contributed by atoms with Gasteiger partial charge in [-0.2, -0.15) is 0 Å². The number of rotatable bonds is 9. The number of anilines is 8. The van der Waals surface area contributed by atoms with E-state index >= 15 is 0 Å². The van der Waals surface area contributed by atoms with Gasteiger partial charge < -0.3 is 19.7 Å². The van der Waals surface area contributed by atoms with Gasteiger partial charge in [-0.1, -0.05) is 152 Å². The predicted octanol–water partition coefficient (Wildman–Crippen LogP) is 18.1. The molecule has 0 spiro atoms. The molecule has 0 saturated carbocycles. The number of para-hydroxylation sites is 3. The number of aromatic nitrogens is 1. The maximum absolute atomic E-state index is 4.16. The molecule has 0 fully saturated rings. The predicted molar refractivity (Wildman–Crippen MR) is 332 cm³/mol. The van der Waals surface area contributed by atoms with Crippen molar-refractivity contribution in [1.29, 1.82) is 0 Å². The molecule has 13 rings (SSSR count). The van der Waals surface area contributed by atoms with E-state index in [4.69, 9.17) is 0 Å². The lowest BCUT2D eigenvalue weighted by molar-refractivity contribution is 0.332. The molecule has 2 heterocycles. The van der Waals surface area contributed by atoms with Crippen LogP contribution in [0.2, 0.25) is 0 Å². The zero-order valence-corrected chi connectivity index (χ0v) is 46.8. The van der Waals surface area contributed by atoms with Crippen molar-refractivity contribution in [2.24, 2.45) is 0 Å². The highest BCUT2D eigenvalue weighted by Crippen LogP contribution is 2.52. The summed E-state index contributed by atoms with van der Waals surface area (Å²) in [4.78, 5) is 4.95. The van der Waals surface area contributed by atoms with Crippen molar-refractivity contribution in [3.05, 3.63) is 221 Å². The Hall–Kier alpha value is -7.76. The number of benzene rings is 9. The molecular formula is C72H71BN4. The summed E-state index contributed by atoms with van der Waals surface area (Å²) in [7, 11) is 0.795. The third-order valence-electron chi connectivity index (χ3n) is 18.2. The quantitative estimate of drug-likeness (QED) is 0.146. The normalized spacial score (nSPS) is 16.2. The van der Waals surface area contributed by atoms with Gasteiger partial charge in [-0.15, -0.1) is 0 Å². The molecule has 10 aromatic rings. The van der Waals surface area contributed by atoms with Gasteiger partial charge in [0, 0.05) is 61.8 Å². The summed E-state index contributed by atoms with van der Waals surface area (Å²) >= 11 is 0. The Kier molecular flexibility index (Phi) is 11.4. The molecule has 5 heteroatoms. The minimum absolute atomic E-state index is 0.0500. The fourth-order valence-corrected chi connectivity index (χ4v) is 13.6. The molecule has 4 nitrogen and oxygen atoms in total. The molecule has 9 aromatic carbocycles. The van der Waals surface area contributed by atoms with Crippen molar-refractivity contribution in [3.8, 4) is 16.8 Å². The minimum atomic E-state index is 0.0500. The van der Waals surface area contributed by atoms with Crippen molar-refractivity contribution >= 4 is 85.5 Å². The summed E-state index contributed by atoms with van der Waals surface area (Å²) in [5.41, 5.74) is 26.4. The summed E-state index contributed by atoms with van der Waals surface area (Å²) in [6, 6.07) is 71.2. The standard InChI is InChI=1S/C72H71BN4/c1-46-21-19-27-51(39-46)76(52-28-20-22-47(2)40-52)65-43-56(67-68-66(65)54-29-17-18-30-63(54)77(68)64-45-60-59(44-61(64)73-67)71(7,8)37-38-72(60,9)10)55-42-53(75(49-23-13-11-14-24-49)50-25-15-12-16-26-50)32-34-62(55)74-48-31-33-57-58(41-48)70(5,6)36-35-69(57,3)4/h11-34,39-45,73-74H,35-38H2,1-10H3. The topological polar surface area (TPSA) is 23.4 Å². The first-order valence-electron chi connectivity index (χ1n) is 28.1. The molecule has 382 valence electrons. The second-order valence-corrected chi connectivity index (χ2v) is 25.4. The van der Waals surface area contributed by atoms with Crippen molar-refractivity contribution < 1.29 is 0 Å². The smallest absolute Gasteiger partial charge is 0.198 e. The largest absolute Gasteiger partial charge is 0.355 e. The van der Waals surface area contributed by atoms with Crippen molar-refractivity contribution in [1.82, 2.24) is 4.57 Å². The van der Waals surface area contributed by atoms with Crippen LogP contribution in [-0.2, 0) is 21.7 Å². The van der Waals surface area contributed by atoms with E-state index in [0.717, 1.165) is 71.2 Å². The number of nitrogens with zero attached hydrogens (tertiary/aromatic N) is 3. The van der Waals surface area contributed by atoms with Crippen LogP contribution in [0.5, 0.6) is 0 Å². The van der Waals surface area contributed by atoms with Crippen LogP contribution >= 0.6 is 0 Å². The number of nitrogens with one attached hydrogen (secondary N) is 1. The van der Waals surface area contributed by atoms with Gasteiger partial charge >= 0.3 is 0 Å². The van der Waals surface area contributed by atoms with Crippen molar-refractivity contribution in [3.63, 3.8) is 0 Å². The van der Waals surface area contributed by atoms with Gasteiger partial charge in [-0.3, -0.25) is 0 Å². The van der Waals surface area contributed by atoms with Crippen LogP contribution in [0.15, 0.2) is 188 Å². The minimum Gasteiger partial charge on any atom is -0.355 e. The van der Waals surface area contributed by atoms with Gasteiger partial charge in [0.1, 0.15) is 0 Å². The average Bonchev–Trinajstić information content (AvgIpc) is 3.85. The maximum atomic E-state index is 4.16. The molecule has 3 aliphatic rings. The number of fused-ring (bicyclic) bond motifs is 7. The number of hydrogen-bond acceptors (Lipinski definition) is 3. The van der Waals surface area contributed by atoms with Gasteiger partial charge in [0.15, 0.2) is 7.28 Å². The highest BCUT2D eigenvalue weighted by molar-refractivity contribution is 6.73. The van der Waals surface area contributed by atoms with Crippen LogP contribution < -0.4 is 26.0 Å². The summed E-state index contributed by atoms with van der Waals surface area (Å²) in [5, 5.41) is 6.68. The van der Waals surface area contributed by atoms with E-state index < -0.39 is 0 Å². The number of hydrogen-bond donors (Lipinski definition) is 1. The first kappa shape index (κ1) is 48.9. The molecule has 0 unspecified atom stereocenters. The van der Waals surface area contributed by atoms with Gasteiger partial charge in [-0.05, 0) is 203 Å². The second-order valence-electron chi connectivity index (χ2n) is 25.4. The van der Waals surface area contributed by atoms with Crippen LogP contribution in [-0.4, -0.2) is 11.8 Å². The third kappa shape index (κ3) is 8.19. The third-order valence-corrected chi connectivity index (χ3v) is 18.2. The van der Waals surface area contributed by atoms with Crippen molar-refractivity contribution in [2.75, 3.05) is 15.1 Å². The summed E-state index contributed by atoms with van der Waals surface area (Å²) < 4.78 is 2.67. The van der Waals surface area contributed by atoms with Crippen LogP contribution in [0.25, 0.3) is 38.6 Å². The molecule has 0 atom stereocenters. The lowest BCUT2D eigenvalue weighted by atomic mass is 9.55. The molecule has 1 aromatic heterocycles. The van der Waals surface area contributed by atoms with E-state index in [1.807, 2.05) is 0 Å². The van der Waals surface area contributed by atoms with Gasteiger partial charge in [-0.25, -0.2) is 0 Å². The molecule has 2 aliphatic carbocycles. The lowest BCUT2D eigenvalue weighted by Crippen LogP contribution is -2.41. The Balaban J connectivity index is 1.16. The Morgan fingerprint density at radius 3 is 1.58 bits per heavy atom. The zero-order valence-electron chi connectivity index (χ0n) is 46.8. The first-order valence-corrected chi connectivity index (χ1v) is 28.1. The molecule has 0 saturated heterocycles. The van der Waals surface area contributed by atoms with Gasteiger partial charge in [0.2, 0.25) is 0 Å². The highest BCUT2D eigenvalue weighted by Gasteiger charge is 2.41. The Labute approximate surface area is 457 Å². The SMILES string of the molecule is Cc1cccc(N(c2cccc(C)c2)c2cc(-c3cc(N(c4ccccc4)c4ccccc4)ccc3Nc3ccc4c(c3)C(C)(C)CCC4(C)C)c3c4c2c2ccccc2n4-c2cc4c(cc2B3)C(C)(C)CCC4(C)C)c1. The van der Waals surface area contributed by atoms with E-state index in [0.29, 0.717) is 0 Å². The fourth-order valence-electron chi connectivity index (χ4n) is 13.6.